The van der Waals surface area contributed by atoms with E-state index in [-0.39, 0.29) is 24.0 Å². The molecule has 1 aromatic rings. The average Bonchev–Trinajstić information content (AvgIpc) is 2.69. The summed E-state index contributed by atoms with van der Waals surface area (Å²) in [6, 6.07) is 7.97. The molecule has 0 saturated carbocycles. The molecular weight excluding hydrogens is 457 g/mol. The fourth-order valence-electron chi connectivity index (χ4n) is 2.88. The monoisotopic (exact) mass is 491 g/mol. The van der Waals surface area contributed by atoms with Crippen LogP contribution in [0, 0.1) is 5.92 Å². The molecule has 0 aliphatic carbocycles. The Morgan fingerprint density at radius 2 is 2.00 bits per heavy atom. The van der Waals surface area contributed by atoms with Gasteiger partial charge in [-0.1, -0.05) is 18.2 Å². The van der Waals surface area contributed by atoms with Gasteiger partial charge in [-0.2, -0.15) is 0 Å². The lowest BCUT2D eigenvalue weighted by Crippen LogP contribution is -2.38. The second-order valence-electron chi connectivity index (χ2n) is 6.42. The number of ether oxygens (including phenoxy) is 3. The topological polar surface area (TPSA) is 64.1 Å². The van der Waals surface area contributed by atoms with Gasteiger partial charge in [0.15, 0.2) is 5.96 Å². The van der Waals surface area contributed by atoms with Gasteiger partial charge in [0.05, 0.1) is 13.7 Å². The lowest BCUT2D eigenvalue weighted by Gasteiger charge is -2.21. The quantitative estimate of drug-likeness (QED) is 0.228. The number of hydrogen-bond donors (Lipinski definition) is 2. The molecule has 1 heterocycles. The van der Waals surface area contributed by atoms with E-state index in [1.54, 1.807) is 7.11 Å². The highest BCUT2D eigenvalue weighted by Gasteiger charge is 2.13. The maximum Gasteiger partial charge on any atom is 0.191 e. The highest BCUT2D eigenvalue weighted by molar-refractivity contribution is 14.0. The number of para-hydroxylation sites is 1. The third-order valence-corrected chi connectivity index (χ3v) is 4.40. The highest BCUT2D eigenvalue weighted by Crippen LogP contribution is 2.18. The van der Waals surface area contributed by atoms with Gasteiger partial charge >= 0.3 is 0 Å². The average molecular weight is 491 g/mol. The molecule has 1 fully saturated rings. The third-order valence-electron chi connectivity index (χ3n) is 4.40. The van der Waals surface area contributed by atoms with Crippen LogP contribution >= 0.6 is 24.0 Å². The standard InChI is InChI=1S/C20H33N3O3.HI/c1-3-21-20(23-15-18-7-4-5-8-19(18)24-2)22-11-6-12-26-16-17-9-13-25-14-10-17;/h4-5,7-8,17H,3,6,9-16H2,1-2H3,(H2,21,22,23);1H. The fourth-order valence-corrected chi connectivity index (χ4v) is 2.88. The van der Waals surface area contributed by atoms with Crippen LogP contribution in [0.25, 0.3) is 0 Å². The first-order chi connectivity index (χ1) is 12.8. The van der Waals surface area contributed by atoms with E-state index in [0.717, 1.165) is 76.1 Å². The van der Waals surface area contributed by atoms with Gasteiger partial charge in [-0.05, 0) is 38.2 Å². The molecule has 0 unspecified atom stereocenters. The minimum Gasteiger partial charge on any atom is -0.496 e. The van der Waals surface area contributed by atoms with Gasteiger partial charge in [0.1, 0.15) is 5.75 Å². The zero-order valence-electron chi connectivity index (χ0n) is 16.5. The molecule has 1 aliphatic rings. The van der Waals surface area contributed by atoms with Crippen molar-refractivity contribution >= 4 is 29.9 Å². The van der Waals surface area contributed by atoms with Crippen molar-refractivity contribution in [2.45, 2.75) is 32.7 Å². The Labute approximate surface area is 180 Å². The molecule has 1 aromatic carbocycles. The molecule has 6 nitrogen and oxygen atoms in total. The van der Waals surface area contributed by atoms with Crippen LogP contribution in [0.3, 0.4) is 0 Å². The summed E-state index contributed by atoms with van der Waals surface area (Å²) < 4.78 is 16.6. The summed E-state index contributed by atoms with van der Waals surface area (Å²) in [5.74, 6) is 2.35. The summed E-state index contributed by atoms with van der Waals surface area (Å²) in [5.41, 5.74) is 1.08. The van der Waals surface area contributed by atoms with Crippen LogP contribution in [0.2, 0.25) is 0 Å². The van der Waals surface area contributed by atoms with Crippen molar-refractivity contribution in [3.05, 3.63) is 29.8 Å². The normalized spacial score (nSPS) is 15.1. The second-order valence-corrected chi connectivity index (χ2v) is 6.42. The Morgan fingerprint density at radius 1 is 1.22 bits per heavy atom. The van der Waals surface area contributed by atoms with Gasteiger partial charge in [0.25, 0.3) is 0 Å². The summed E-state index contributed by atoms with van der Waals surface area (Å²) in [4.78, 5) is 4.64. The summed E-state index contributed by atoms with van der Waals surface area (Å²) in [5, 5.41) is 6.64. The first-order valence-electron chi connectivity index (χ1n) is 9.63. The van der Waals surface area contributed by atoms with E-state index in [1.165, 1.54) is 0 Å². The molecule has 154 valence electrons. The Balaban J connectivity index is 0.00000364. The molecule has 2 N–H and O–H groups in total. The molecule has 0 amide bonds. The molecule has 1 aliphatic heterocycles. The Morgan fingerprint density at radius 3 is 2.74 bits per heavy atom. The second kappa shape index (κ2) is 14.9. The maximum atomic E-state index is 5.80. The van der Waals surface area contributed by atoms with E-state index in [2.05, 4.69) is 22.5 Å². The number of benzene rings is 1. The summed E-state index contributed by atoms with van der Waals surface area (Å²) in [6.07, 6.45) is 3.21. The largest absolute Gasteiger partial charge is 0.496 e. The number of hydrogen-bond acceptors (Lipinski definition) is 4. The van der Waals surface area contributed by atoms with Crippen LogP contribution in [0.1, 0.15) is 31.7 Å². The first kappa shape index (κ1) is 24.0. The summed E-state index contributed by atoms with van der Waals surface area (Å²) >= 11 is 0. The van der Waals surface area contributed by atoms with Crippen molar-refractivity contribution in [1.82, 2.24) is 10.6 Å². The smallest absolute Gasteiger partial charge is 0.191 e. The molecule has 1 saturated heterocycles. The molecule has 2 rings (SSSR count). The first-order valence-corrected chi connectivity index (χ1v) is 9.63. The van der Waals surface area contributed by atoms with Gasteiger partial charge in [0, 0.05) is 45.1 Å². The van der Waals surface area contributed by atoms with Crippen molar-refractivity contribution in [1.29, 1.82) is 0 Å². The van der Waals surface area contributed by atoms with Crippen LogP contribution < -0.4 is 15.4 Å². The van der Waals surface area contributed by atoms with E-state index in [9.17, 15) is 0 Å². The number of guanidine groups is 1. The molecular formula is C20H34IN3O3. The Bertz CT molecular complexity index is 537. The van der Waals surface area contributed by atoms with Crippen LogP contribution in [0.4, 0.5) is 0 Å². The predicted octanol–water partition coefficient (Wildman–Crippen LogP) is 3.20. The van der Waals surface area contributed by atoms with Crippen molar-refractivity contribution in [2.24, 2.45) is 10.9 Å². The molecule has 0 atom stereocenters. The lowest BCUT2D eigenvalue weighted by atomic mass is 10.0. The molecule has 7 heteroatoms. The van der Waals surface area contributed by atoms with Crippen molar-refractivity contribution in [3.63, 3.8) is 0 Å². The van der Waals surface area contributed by atoms with Gasteiger partial charge in [-0.3, -0.25) is 0 Å². The van der Waals surface area contributed by atoms with Crippen molar-refractivity contribution < 1.29 is 14.2 Å². The third kappa shape index (κ3) is 9.62. The van der Waals surface area contributed by atoms with E-state index in [0.29, 0.717) is 12.5 Å². The van der Waals surface area contributed by atoms with E-state index >= 15 is 0 Å². The van der Waals surface area contributed by atoms with Crippen molar-refractivity contribution in [3.8, 4) is 5.75 Å². The maximum absolute atomic E-state index is 5.80. The van der Waals surface area contributed by atoms with Gasteiger partial charge in [-0.25, -0.2) is 4.99 Å². The number of methoxy groups -OCH3 is 1. The zero-order valence-corrected chi connectivity index (χ0v) is 18.9. The van der Waals surface area contributed by atoms with Gasteiger partial charge < -0.3 is 24.8 Å². The molecule has 0 radical (unpaired) electrons. The number of nitrogens with one attached hydrogen (secondary N) is 2. The van der Waals surface area contributed by atoms with Crippen LogP contribution in [-0.4, -0.2) is 52.6 Å². The minimum atomic E-state index is 0. The SMILES string of the molecule is CCNC(=NCc1ccccc1OC)NCCCOCC1CCOCC1.I. The summed E-state index contributed by atoms with van der Waals surface area (Å²) in [6.45, 7) is 7.70. The number of halogens is 1. The molecule has 0 aromatic heterocycles. The number of rotatable bonds is 10. The zero-order chi connectivity index (χ0) is 18.5. The summed E-state index contributed by atoms with van der Waals surface area (Å²) in [7, 11) is 1.69. The van der Waals surface area contributed by atoms with Crippen LogP contribution in [0.5, 0.6) is 5.75 Å². The lowest BCUT2D eigenvalue weighted by molar-refractivity contribution is 0.0203. The van der Waals surface area contributed by atoms with Gasteiger partial charge in [0.2, 0.25) is 0 Å². The minimum absolute atomic E-state index is 0. The van der Waals surface area contributed by atoms with Crippen LogP contribution in [0.15, 0.2) is 29.3 Å². The Kier molecular flexibility index (Phi) is 13.3. The van der Waals surface area contributed by atoms with E-state index in [1.807, 2.05) is 24.3 Å². The predicted molar refractivity (Wildman–Crippen MR) is 120 cm³/mol. The molecule has 0 bridgehead atoms. The molecule has 0 spiro atoms. The highest BCUT2D eigenvalue weighted by atomic mass is 127. The van der Waals surface area contributed by atoms with E-state index in [4.69, 9.17) is 14.2 Å². The van der Waals surface area contributed by atoms with E-state index < -0.39 is 0 Å². The van der Waals surface area contributed by atoms with Crippen LogP contribution in [-0.2, 0) is 16.0 Å². The fraction of sp³-hybridized carbons (Fsp3) is 0.650. The number of nitrogens with zero attached hydrogens (tertiary/aromatic N) is 1. The Hall–Kier alpha value is -1.06. The van der Waals surface area contributed by atoms with Crippen molar-refractivity contribution in [2.75, 3.05) is 46.6 Å². The van der Waals surface area contributed by atoms with Gasteiger partial charge in [-0.15, -0.1) is 24.0 Å². The molecule has 27 heavy (non-hydrogen) atoms. The number of aliphatic imine (C=N–C) groups is 1.